The molecule has 0 aliphatic carbocycles. The molecule has 0 unspecified atom stereocenters. The molecule has 1 rings (SSSR count). The van der Waals surface area contributed by atoms with Gasteiger partial charge in [0.15, 0.2) is 0 Å². The largest absolute Gasteiger partial charge is 0.431 e. The minimum Gasteiger partial charge on any atom is -0.431 e. The summed E-state index contributed by atoms with van der Waals surface area (Å²) in [5.41, 5.74) is 0. The molecule has 1 aliphatic rings. The van der Waals surface area contributed by atoms with E-state index >= 15 is 0 Å². The molecule has 0 amide bonds. The smallest absolute Gasteiger partial charge is 0.388 e. The minimum absolute atomic E-state index is 0.329. The Kier molecular flexibility index (Phi) is 0.759. The van der Waals surface area contributed by atoms with Crippen LogP contribution in [0.2, 0.25) is 0 Å². The van der Waals surface area contributed by atoms with Gasteiger partial charge in [0.25, 0.3) is 0 Å². The van der Waals surface area contributed by atoms with Gasteiger partial charge < -0.3 is 4.74 Å². The average Bonchev–Trinajstić information content (AvgIpc) is 1.86. The van der Waals surface area contributed by atoms with Crippen molar-refractivity contribution in [2.45, 2.75) is 0 Å². The molecule has 0 bridgehead atoms. The number of amidine groups is 1. The number of hydrogen-bond donors (Lipinski definition) is 2. The summed E-state index contributed by atoms with van der Waals surface area (Å²) in [4.78, 5) is 0. The highest BCUT2D eigenvalue weighted by Gasteiger charge is 2.08. The molecule has 34 valence electrons. The summed E-state index contributed by atoms with van der Waals surface area (Å²) in [5.74, 6) is 0. The Balaban J connectivity index is 2.37. The van der Waals surface area contributed by atoms with Crippen molar-refractivity contribution in [1.29, 1.82) is 5.41 Å². The summed E-state index contributed by atoms with van der Waals surface area (Å²) in [5, 5.41) is 8.53. The van der Waals surface area contributed by atoms with Crippen LogP contribution < -0.4 is 5.32 Å². The van der Waals surface area contributed by atoms with Crippen molar-refractivity contribution in [3.63, 3.8) is 0 Å². The fraction of sp³-hybridized carbons (Fsp3) is 0.667. The molecule has 1 saturated heterocycles. The number of quaternary nitrogens is 1. The number of rotatable bonds is 0. The highest BCUT2D eigenvalue weighted by Crippen LogP contribution is 1.69. The predicted molar refractivity (Wildman–Crippen MR) is 20.5 cm³/mol. The molecule has 3 heteroatoms. The van der Waals surface area contributed by atoms with Gasteiger partial charge in [-0.05, 0) is 0 Å². The van der Waals surface area contributed by atoms with Crippen molar-refractivity contribution in [2.24, 2.45) is 0 Å². The van der Waals surface area contributed by atoms with Crippen LogP contribution in [0.5, 0.6) is 0 Å². The lowest BCUT2D eigenvalue weighted by Crippen LogP contribution is -2.84. The highest BCUT2D eigenvalue weighted by atomic mass is 16.5. The van der Waals surface area contributed by atoms with Crippen LogP contribution in [0.25, 0.3) is 0 Å². The van der Waals surface area contributed by atoms with E-state index in [2.05, 4.69) is 4.74 Å². The lowest BCUT2D eigenvalue weighted by Gasteiger charge is -1.78. The molecule has 0 atom stereocenters. The summed E-state index contributed by atoms with van der Waals surface area (Å²) in [6, 6.07) is 0.329. The average molecular weight is 87.1 g/mol. The van der Waals surface area contributed by atoms with Gasteiger partial charge >= 0.3 is 6.02 Å². The third-order valence-corrected chi connectivity index (χ3v) is 0.705. The Bertz CT molecular complexity index is 63.2. The van der Waals surface area contributed by atoms with Gasteiger partial charge in [0.1, 0.15) is 13.2 Å². The molecule has 0 radical (unpaired) electrons. The highest BCUT2D eigenvalue weighted by molar-refractivity contribution is 5.59. The van der Waals surface area contributed by atoms with Crippen molar-refractivity contribution >= 4 is 6.02 Å². The lowest BCUT2D eigenvalue weighted by molar-refractivity contribution is -0.530. The van der Waals surface area contributed by atoms with Crippen LogP contribution in [0.1, 0.15) is 0 Å². The summed E-state index contributed by atoms with van der Waals surface area (Å²) >= 11 is 0. The van der Waals surface area contributed by atoms with E-state index in [0.717, 1.165) is 6.54 Å². The van der Waals surface area contributed by atoms with E-state index in [1.165, 1.54) is 0 Å². The standard InChI is InChI=1S/C3H6N2O/c4-3-5-1-2-6-3/h1-2H2,(H2,4,5)/p+1. The third kappa shape index (κ3) is 0.490. The Morgan fingerprint density at radius 3 is 2.83 bits per heavy atom. The number of ether oxygens (including phenoxy) is 1. The monoisotopic (exact) mass is 87.1 g/mol. The zero-order valence-electron chi connectivity index (χ0n) is 3.40. The van der Waals surface area contributed by atoms with Crippen LogP contribution in [0, 0.1) is 5.41 Å². The summed E-state index contributed by atoms with van der Waals surface area (Å²) in [6.45, 7) is 1.62. The first-order valence-corrected chi connectivity index (χ1v) is 1.94. The summed E-state index contributed by atoms with van der Waals surface area (Å²) in [6.07, 6.45) is 0. The first-order valence-electron chi connectivity index (χ1n) is 1.94. The number of nitrogens with one attached hydrogen (secondary N) is 1. The molecule has 0 spiro atoms. The summed E-state index contributed by atoms with van der Waals surface area (Å²) in [7, 11) is 0. The van der Waals surface area contributed by atoms with Crippen LogP contribution in [-0.4, -0.2) is 19.2 Å². The van der Waals surface area contributed by atoms with Crippen molar-refractivity contribution in [2.75, 3.05) is 13.2 Å². The molecule has 1 aliphatic heterocycles. The molecule has 3 N–H and O–H groups in total. The van der Waals surface area contributed by atoms with Gasteiger partial charge in [0.05, 0.1) is 0 Å². The first-order chi connectivity index (χ1) is 2.89. The topological polar surface area (TPSA) is 49.7 Å². The molecular formula is C3H7N2O+. The van der Waals surface area contributed by atoms with Crippen LogP contribution in [0.4, 0.5) is 0 Å². The zero-order valence-corrected chi connectivity index (χ0v) is 3.40. The van der Waals surface area contributed by atoms with Gasteiger partial charge in [-0.3, -0.25) is 5.32 Å². The molecule has 0 aromatic heterocycles. The van der Waals surface area contributed by atoms with E-state index in [1.807, 2.05) is 0 Å². The zero-order chi connectivity index (χ0) is 4.41. The van der Waals surface area contributed by atoms with Gasteiger partial charge in [0.2, 0.25) is 0 Å². The van der Waals surface area contributed by atoms with Gasteiger partial charge in [-0.15, -0.1) is 0 Å². The first kappa shape index (κ1) is 3.61. The van der Waals surface area contributed by atoms with E-state index in [0.29, 0.717) is 12.6 Å². The van der Waals surface area contributed by atoms with Crippen LogP contribution in [0.3, 0.4) is 0 Å². The second-order valence-corrected chi connectivity index (χ2v) is 1.21. The van der Waals surface area contributed by atoms with Crippen LogP contribution in [-0.2, 0) is 4.74 Å². The molecular weight excluding hydrogens is 80.0 g/mol. The minimum atomic E-state index is 0.329. The van der Waals surface area contributed by atoms with Crippen molar-refractivity contribution in [3.8, 4) is 0 Å². The number of hydrogen-bond acceptors (Lipinski definition) is 2. The molecule has 0 aromatic rings. The molecule has 3 nitrogen and oxygen atoms in total. The van der Waals surface area contributed by atoms with E-state index in [9.17, 15) is 0 Å². The van der Waals surface area contributed by atoms with E-state index in [-0.39, 0.29) is 0 Å². The van der Waals surface area contributed by atoms with E-state index in [1.54, 1.807) is 5.32 Å². The Morgan fingerprint density at radius 1 is 1.83 bits per heavy atom. The maximum atomic E-state index is 6.77. The molecule has 6 heavy (non-hydrogen) atoms. The van der Waals surface area contributed by atoms with Crippen LogP contribution in [0.15, 0.2) is 0 Å². The Hall–Kier alpha value is -0.570. The van der Waals surface area contributed by atoms with Gasteiger partial charge in [-0.2, -0.15) is 0 Å². The second-order valence-electron chi connectivity index (χ2n) is 1.21. The Morgan fingerprint density at radius 2 is 2.67 bits per heavy atom. The maximum Gasteiger partial charge on any atom is 0.388 e. The second kappa shape index (κ2) is 1.26. The molecule has 0 saturated carbocycles. The lowest BCUT2D eigenvalue weighted by atomic mass is 10.7. The SMILES string of the molecule is N=C1[NH2+]CCO1. The van der Waals surface area contributed by atoms with E-state index in [4.69, 9.17) is 5.41 Å². The molecule has 0 aromatic carbocycles. The quantitative estimate of drug-likeness (QED) is 0.372. The molecule has 1 fully saturated rings. The normalized spacial score (nSPS) is 21.0. The Labute approximate surface area is 35.8 Å². The number of nitrogens with two attached hydrogens (primary N) is 1. The fourth-order valence-electron chi connectivity index (χ4n) is 0.418. The van der Waals surface area contributed by atoms with Gasteiger partial charge in [-0.1, -0.05) is 0 Å². The fourth-order valence-corrected chi connectivity index (χ4v) is 0.418. The van der Waals surface area contributed by atoms with Gasteiger partial charge in [-0.25, -0.2) is 5.41 Å². The predicted octanol–water partition coefficient (Wildman–Crippen LogP) is -1.49. The van der Waals surface area contributed by atoms with Crippen molar-refractivity contribution in [1.82, 2.24) is 0 Å². The summed E-state index contributed by atoms with van der Waals surface area (Å²) < 4.78 is 4.68. The molecule has 1 heterocycles. The van der Waals surface area contributed by atoms with Crippen molar-refractivity contribution < 1.29 is 10.1 Å². The van der Waals surface area contributed by atoms with E-state index < -0.39 is 0 Å². The van der Waals surface area contributed by atoms with Crippen LogP contribution >= 0.6 is 0 Å². The third-order valence-electron chi connectivity index (χ3n) is 0.705. The maximum absolute atomic E-state index is 6.77. The van der Waals surface area contributed by atoms with Crippen molar-refractivity contribution in [3.05, 3.63) is 0 Å². The van der Waals surface area contributed by atoms with Gasteiger partial charge in [0, 0.05) is 0 Å².